The lowest BCUT2D eigenvalue weighted by Gasteiger charge is -2.28. The van der Waals surface area contributed by atoms with Gasteiger partial charge in [-0.25, -0.2) is 4.39 Å². The number of likely N-dealkylation sites (N-methyl/N-ethyl adjacent to an activating group) is 1. The molecule has 0 unspecified atom stereocenters. The third-order valence-electron chi connectivity index (χ3n) is 4.27. The summed E-state index contributed by atoms with van der Waals surface area (Å²) in [5.41, 5.74) is 0.630. The normalized spacial score (nSPS) is 17.5. The average molecular weight is 374 g/mol. The molecule has 1 N–H and O–H groups in total. The van der Waals surface area contributed by atoms with E-state index in [-0.39, 0.29) is 11.4 Å². The van der Waals surface area contributed by atoms with Gasteiger partial charge in [-0.2, -0.15) is 0 Å². The number of carbonyl (C=O) groups excluding carboxylic acids is 2. The third kappa shape index (κ3) is 3.40. The highest BCUT2D eigenvalue weighted by Gasteiger charge is 2.43. The van der Waals surface area contributed by atoms with E-state index in [4.69, 9.17) is 0 Å². The molecule has 5 nitrogen and oxygen atoms in total. The highest BCUT2D eigenvalue weighted by atomic mass is 32.1. The number of hydrogen-bond donors (Lipinski definition) is 1. The fourth-order valence-electron chi connectivity index (χ4n) is 2.96. The van der Waals surface area contributed by atoms with Gasteiger partial charge in [-0.15, -0.1) is 11.3 Å². The van der Waals surface area contributed by atoms with Crippen molar-refractivity contribution in [2.24, 2.45) is 0 Å². The number of aliphatic hydroxyl groups excluding tert-OH is 1. The van der Waals surface area contributed by atoms with Gasteiger partial charge in [0.1, 0.15) is 5.82 Å². The number of rotatable bonds is 6. The van der Waals surface area contributed by atoms with E-state index in [0.717, 1.165) is 0 Å². The second-order valence-corrected chi connectivity index (χ2v) is 7.27. The number of benzene rings is 1. The number of amides is 1. The second-order valence-electron chi connectivity index (χ2n) is 6.32. The van der Waals surface area contributed by atoms with Gasteiger partial charge in [0.05, 0.1) is 16.5 Å². The average Bonchev–Trinajstić information content (AvgIpc) is 3.22. The van der Waals surface area contributed by atoms with E-state index < -0.39 is 23.5 Å². The van der Waals surface area contributed by atoms with Crippen LogP contribution in [0.15, 0.2) is 53.1 Å². The summed E-state index contributed by atoms with van der Waals surface area (Å²) in [4.78, 5) is 29.4. The van der Waals surface area contributed by atoms with Crippen LogP contribution in [0.25, 0.3) is 0 Å². The van der Waals surface area contributed by atoms with Gasteiger partial charge in [-0.1, -0.05) is 18.2 Å². The molecule has 3 rings (SSSR count). The van der Waals surface area contributed by atoms with Gasteiger partial charge in [-0.05, 0) is 43.2 Å². The summed E-state index contributed by atoms with van der Waals surface area (Å²) in [7, 11) is 3.75. The first-order valence-corrected chi connectivity index (χ1v) is 9.00. The lowest BCUT2D eigenvalue weighted by atomic mass is 9.95. The van der Waals surface area contributed by atoms with Crippen LogP contribution < -0.4 is 0 Å². The Kier molecular flexibility index (Phi) is 5.20. The first-order valence-electron chi connectivity index (χ1n) is 8.12. The van der Waals surface area contributed by atoms with Crippen molar-refractivity contribution in [3.8, 4) is 0 Å². The van der Waals surface area contributed by atoms with Gasteiger partial charge >= 0.3 is 0 Å². The van der Waals surface area contributed by atoms with Gasteiger partial charge in [0, 0.05) is 13.1 Å². The molecule has 2 aromatic rings. The minimum absolute atomic E-state index is 0.0443. The number of halogens is 1. The Labute approximate surface area is 155 Å². The molecule has 136 valence electrons. The Morgan fingerprint density at radius 3 is 2.54 bits per heavy atom. The summed E-state index contributed by atoms with van der Waals surface area (Å²) < 4.78 is 13.3. The zero-order valence-corrected chi connectivity index (χ0v) is 15.3. The molecular weight excluding hydrogens is 355 g/mol. The fraction of sp³-hybridized carbons (Fsp3) is 0.263. The minimum atomic E-state index is -0.738. The maximum absolute atomic E-state index is 13.3. The summed E-state index contributed by atoms with van der Waals surface area (Å²) >= 11 is 1.25. The molecule has 26 heavy (non-hydrogen) atoms. The van der Waals surface area contributed by atoms with Crippen molar-refractivity contribution in [1.29, 1.82) is 0 Å². The molecule has 1 aliphatic rings. The Bertz CT molecular complexity index is 844. The molecule has 0 bridgehead atoms. The van der Waals surface area contributed by atoms with Crippen LogP contribution in [0.2, 0.25) is 0 Å². The van der Waals surface area contributed by atoms with Crippen LogP contribution in [-0.4, -0.2) is 53.8 Å². The third-order valence-corrected chi connectivity index (χ3v) is 5.14. The monoisotopic (exact) mass is 374 g/mol. The highest BCUT2D eigenvalue weighted by molar-refractivity contribution is 7.12. The van der Waals surface area contributed by atoms with Crippen LogP contribution >= 0.6 is 11.3 Å². The van der Waals surface area contributed by atoms with Crippen LogP contribution in [0.4, 0.5) is 4.39 Å². The summed E-state index contributed by atoms with van der Waals surface area (Å²) in [6, 6.07) is 8.30. The van der Waals surface area contributed by atoms with E-state index in [1.807, 2.05) is 19.0 Å². The lowest BCUT2D eigenvalue weighted by Crippen LogP contribution is -2.36. The lowest BCUT2D eigenvalue weighted by molar-refractivity contribution is -0.129. The van der Waals surface area contributed by atoms with E-state index >= 15 is 0 Å². The van der Waals surface area contributed by atoms with Crippen LogP contribution in [-0.2, 0) is 4.79 Å². The standard InChI is InChI=1S/C19H19FN2O3S/c1-21(2)9-10-22-16(12-5-7-13(20)8-6-12)15(18(24)19(22)25)17(23)14-4-3-11-26-14/h3-8,11,16,24H,9-10H2,1-2H3/t16-/m0/s1. The van der Waals surface area contributed by atoms with Gasteiger partial charge < -0.3 is 14.9 Å². The summed E-state index contributed by atoms with van der Waals surface area (Å²) in [6.07, 6.45) is 0. The first-order chi connectivity index (χ1) is 12.4. The molecule has 0 aliphatic carbocycles. The molecule has 0 radical (unpaired) electrons. The largest absolute Gasteiger partial charge is 0.503 e. The van der Waals surface area contributed by atoms with Crippen molar-refractivity contribution >= 4 is 23.0 Å². The van der Waals surface area contributed by atoms with Crippen molar-refractivity contribution in [2.75, 3.05) is 27.2 Å². The summed E-state index contributed by atoms with van der Waals surface area (Å²) in [5, 5.41) is 12.2. The number of hydrogen-bond acceptors (Lipinski definition) is 5. The number of carbonyl (C=O) groups is 2. The molecule has 0 saturated heterocycles. The molecule has 2 heterocycles. The molecule has 0 fully saturated rings. The van der Waals surface area contributed by atoms with Gasteiger partial charge in [0.2, 0.25) is 5.78 Å². The van der Waals surface area contributed by atoms with Crippen molar-refractivity contribution in [3.63, 3.8) is 0 Å². The molecule has 0 saturated carbocycles. The van der Waals surface area contributed by atoms with Gasteiger partial charge in [0.25, 0.3) is 5.91 Å². The fourth-order valence-corrected chi connectivity index (χ4v) is 3.63. The van der Waals surface area contributed by atoms with Gasteiger partial charge in [0.15, 0.2) is 5.76 Å². The van der Waals surface area contributed by atoms with Crippen molar-refractivity contribution in [2.45, 2.75) is 6.04 Å². The van der Waals surface area contributed by atoms with E-state index in [9.17, 15) is 19.1 Å². The molecule has 1 atom stereocenters. The minimum Gasteiger partial charge on any atom is -0.503 e. The van der Waals surface area contributed by atoms with E-state index in [0.29, 0.717) is 23.5 Å². The van der Waals surface area contributed by atoms with Crippen LogP contribution in [0.1, 0.15) is 21.3 Å². The van der Waals surface area contributed by atoms with E-state index in [2.05, 4.69) is 0 Å². The zero-order chi connectivity index (χ0) is 18.8. The first kappa shape index (κ1) is 18.3. The number of nitrogens with zero attached hydrogens (tertiary/aromatic N) is 2. The predicted molar refractivity (Wildman–Crippen MR) is 97.7 cm³/mol. The Balaban J connectivity index is 2.05. The second kappa shape index (κ2) is 7.39. The topological polar surface area (TPSA) is 60.9 Å². The van der Waals surface area contributed by atoms with Crippen molar-refractivity contribution in [1.82, 2.24) is 9.80 Å². The number of aliphatic hydroxyl groups is 1. The van der Waals surface area contributed by atoms with E-state index in [1.54, 1.807) is 17.5 Å². The van der Waals surface area contributed by atoms with Crippen molar-refractivity contribution in [3.05, 3.63) is 69.4 Å². The van der Waals surface area contributed by atoms with Crippen LogP contribution in [0, 0.1) is 5.82 Å². The number of thiophene rings is 1. The Hall–Kier alpha value is -2.51. The number of Topliss-reactive ketones (excluding diaryl/α,β-unsaturated/α-hetero) is 1. The van der Waals surface area contributed by atoms with Gasteiger partial charge in [-0.3, -0.25) is 9.59 Å². The highest BCUT2D eigenvalue weighted by Crippen LogP contribution is 2.39. The quantitative estimate of drug-likeness (QED) is 0.790. The molecule has 7 heteroatoms. The maximum Gasteiger partial charge on any atom is 0.290 e. The van der Waals surface area contributed by atoms with Crippen LogP contribution in [0.5, 0.6) is 0 Å². The Morgan fingerprint density at radius 1 is 1.27 bits per heavy atom. The molecule has 1 amide bonds. The number of ketones is 1. The molecule has 1 aromatic carbocycles. The van der Waals surface area contributed by atoms with Crippen molar-refractivity contribution < 1.29 is 19.1 Å². The predicted octanol–water partition coefficient (Wildman–Crippen LogP) is 3.03. The van der Waals surface area contributed by atoms with Crippen LogP contribution in [0.3, 0.4) is 0 Å². The maximum atomic E-state index is 13.3. The molecule has 1 aromatic heterocycles. The zero-order valence-electron chi connectivity index (χ0n) is 14.5. The SMILES string of the molecule is CN(C)CCN1C(=O)C(O)=C(C(=O)c2cccs2)[C@@H]1c1ccc(F)cc1. The summed E-state index contributed by atoms with van der Waals surface area (Å²) in [6.45, 7) is 0.899. The molecule has 0 spiro atoms. The summed E-state index contributed by atoms with van der Waals surface area (Å²) in [5.74, 6) is -1.90. The Morgan fingerprint density at radius 2 is 1.96 bits per heavy atom. The molecule has 1 aliphatic heterocycles. The molecular formula is C19H19FN2O3S. The smallest absolute Gasteiger partial charge is 0.290 e. The van der Waals surface area contributed by atoms with E-state index in [1.165, 1.54) is 40.5 Å².